The normalized spacial score (nSPS) is 18.6. The van der Waals surface area contributed by atoms with Gasteiger partial charge in [-0.05, 0) is 36.6 Å². The van der Waals surface area contributed by atoms with Crippen LogP contribution in [-0.4, -0.2) is 52.1 Å². The van der Waals surface area contributed by atoms with Crippen molar-refractivity contribution in [3.63, 3.8) is 0 Å². The number of hydrogen-bond acceptors (Lipinski definition) is 7. The molecule has 1 amide bonds. The van der Waals surface area contributed by atoms with Crippen LogP contribution in [0, 0.1) is 10.1 Å². The number of carbonyl (C=O) groups is 1. The molecule has 1 unspecified atom stereocenters. The quantitative estimate of drug-likeness (QED) is 0.131. The topological polar surface area (TPSA) is 132 Å². The highest BCUT2D eigenvalue weighted by Crippen LogP contribution is 2.50. The van der Waals surface area contributed by atoms with Crippen molar-refractivity contribution in [3.05, 3.63) is 57.1 Å². The standard InChI is InChI=1S/C24H27Br2N4O7P/c25-6-8-27-38(34,28-9-7-26)37-21-5-10-35-22-13-20(30(32)33)23(12-19(21)22)36-17-4-1-15-14-29(16-2-3-16)24(31)18(15)11-17/h1,4,11-13,16,21H,2-3,5-10,14H2,(H2,27,28,34). The number of benzene rings is 2. The van der Waals surface area contributed by atoms with E-state index >= 15 is 0 Å². The molecule has 0 radical (unpaired) electrons. The minimum Gasteiger partial charge on any atom is -0.493 e. The molecule has 14 heteroatoms. The van der Waals surface area contributed by atoms with Crippen LogP contribution in [0.2, 0.25) is 0 Å². The van der Waals surface area contributed by atoms with Gasteiger partial charge in [-0.1, -0.05) is 37.9 Å². The van der Waals surface area contributed by atoms with E-state index in [-0.39, 0.29) is 29.7 Å². The van der Waals surface area contributed by atoms with Crippen molar-refractivity contribution in [2.45, 2.75) is 38.0 Å². The van der Waals surface area contributed by atoms with Crippen LogP contribution >= 0.6 is 39.5 Å². The highest BCUT2D eigenvalue weighted by molar-refractivity contribution is 9.09. The molecule has 0 aromatic heterocycles. The minimum absolute atomic E-state index is 0.0195. The van der Waals surface area contributed by atoms with Gasteiger partial charge in [-0.25, -0.2) is 10.2 Å². The monoisotopic (exact) mass is 672 g/mol. The van der Waals surface area contributed by atoms with Crippen LogP contribution in [0.15, 0.2) is 30.3 Å². The minimum atomic E-state index is -3.45. The van der Waals surface area contributed by atoms with Crippen LogP contribution in [0.25, 0.3) is 0 Å². The van der Waals surface area contributed by atoms with Gasteiger partial charge in [-0.2, -0.15) is 0 Å². The first-order chi connectivity index (χ1) is 18.3. The molecule has 2 heterocycles. The number of alkyl halides is 2. The maximum atomic E-state index is 13.5. The van der Waals surface area contributed by atoms with E-state index in [0.29, 0.717) is 59.6 Å². The zero-order valence-electron chi connectivity index (χ0n) is 20.4. The number of nitrogens with zero attached hydrogens (tertiary/aromatic N) is 2. The predicted octanol–water partition coefficient (Wildman–Crippen LogP) is 5.42. The molecule has 11 nitrogen and oxygen atoms in total. The lowest BCUT2D eigenvalue weighted by Crippen LogP contribution is -2.29. The number of nitro groups is 1. The van der Waals surface area contributed by atoms with Crippen LogP contribution in [0.5, 0.6) is 17.2 Å². The fraction of sp³-hybridized carbons (Fsp3) is 0.458. The Balaban J connectivity index is 1.44. The molecule has 3 aliphatic rings. The summed E-state index contributed by atoms with van der Waals surface area (Å²) in [6.45, 7) is 1.63. The lowest BCUT2D eigenvalue weighted by Gasteiger charge is -2.30. The van der Waals surface area contributed by atoms with Crippen molar-refractivity contribution in [1.82, 2.24) is 15.1 Å². The molecule has 204 valence electrons. The first-order valence-corrected chi connectivity index (χ1v) is 16.2. The van der Waals surface area contributed by atoms with Crippen LogP contribution in [0.1, 0.15) is 46.9 Å². The van der Waals surface area contributed by atoms with Gasteiger partial charge in [-0.15, -0.1) is 0 Å². The van der Waals surface area contributed by atoms with E-state index in [9.17, 15) is 19.5 Å². The molecular formula is C24H27Br2N4O7P. The number of fused-ring (bicyclic) bond motifs is 2. The van der Waals surface area contributed by atoms with Gasteiger partial charge < -0.3 is 14.4 Å². The number of hydrogen-bond donors (Lipinski definition) is 2. The fourth-order valence-corrected chi connectivity index (χ4v) is 7.23. The highest BCUT2D eigenvalue weighted by atomic mass is 79.9. The third-order valence-corrected chi connectivity index (χ3v) is 9.13. The van der Waals surface area contributed by atoms with Crippen molar-refractivity contribution in [1.29, 1.82) is 0 Å². The van der Waals surface area contributed by atoms with Gasteiger partial charge in [0.2, 0.25) is 5.75 Å². The third-order valence-electron chi connectivity index (χ3n) is 6.51. The summed E-state index contributed by atoms with van der Waals surface area (Å²) in [4.78, 5) is 26.1. The molecular weight excluding hydrogens is 647 g/mol. The van der Waals surface area contributed by atoms with E-state index in [1.165, 1.54) is 12.1 Å². The van der Waals surface area contributed by atoms with E-state index in [2.05, 4.69) is 42.0 Å². The maximum Gasteiger partial charge on any atom is 0.341 e. The fourth-order valence-electron chi connectivity index (χ4n) is 4.57. The summed E-state index contributed by atoms with van der Waals surface area (Å²) in [5.74, 6) is 0.527. The van der Waals surface area contributed by atoms with E-state index in [1.807, 2.05) is 11.0 Å². The molecule has 1 fully saturated rings. The zero-order valence-corrected chi connectivity index (χ0v) is 24.4. The molecule has 1 atom stereocenters. The number of rotatable bonds is 12. The average molecular weight is 674 g/mol. The lowest BCUT2D eigenvalue weighted by atomic mass is 10.0. The zero-order chi connectivity index (χ0) is 26.9. The van der Waals surface area contributed by atoms with E-state index in [1.54, 1.807) is 12.1 Å². The molecule has 38 heavy (non-hydrogen) atoms. The van der Waals surface area contributed by atoms with Gasteiger partial charge in [0.15, 0.2) is 0 Å². The number of nitro benzene ring substituents is 1. The van der Waals surface area contributed by atoms with E-state index in [4.69, 9.17) is 14.0 Å². The predicted molar refractivity (Wildman–Crippen MR) is 148 cm³/mol. The summed E-state index contributed by atoms with van der Waals surface area (Å²) >= 11 is 6.64. The Labute approximate surface area is 236 Å². The molecule has 5 rings (SSSR count). The first-order valence-electron chi connectivity index (χ1n) is 12.3. The molecule has 2 N–H and O–H groups in total. The number of nitrogens with one attached hydrogen (secondary N) is 2. The molecule has 0 saturated heterocycles. The van der Waals surface area contributed by atoms with Crippen molar-refractivity contribution >= 4 is 51.1 Å². The van der Waals surface area contributed by atoms with Crippen molar-refractivity contribution in [2.24, 2.45) is 0 Å². The molecule has 2 aromatic carbocycles. The Morgan fingerprint density at radius 1 is 1.13 bits per heavy atom. The molecule has 2 aromatic rings. The molecule has 1 aliphatic carbocycles. The summed E-state index contributed by atoms with van der Waals surface area (Å²) in [5, 5.41) is 18.9. The van der Waals surface area contributed by atoms with Gasteiger partial charge in [0.1, 0.15) is 11.5 Å². The maximum absolute atomic E-state index is 13.5. The van der Waals surface area contributed by atoms with Crippen LogP contribution in [0.4, 0.5) is 5.69 Å². The Bertz CT molecular complexity index is 1280. The Hall–Kier alpha value is -2.02. The second kappa shape index (κ2) is 11.6. The largest absolute Gasteiger partial charge is 0.493 e. The second-order valence-electron chi connectivity index (χ2n) is 9.18. The smallest absolute Gasteiger partial charge is 0.341 e. The van der Waals surface area contributed by atoms with Crippen molar-refractivity contribution in [3.8, 4) is 17.2 Å². The SMILES string of the molecule is O=C1c2cc(Oc3cc4c(cc3[N+](=O)[O-])OCCC4OP(=O)(NCCBr)NCCBr)ccc2CN1C1CC1. The summed E-state index contributed by atoms with van der Waals surface area (Å²) < 4.78 is 31.2. The molecule has 1 saturated carbocycles. The van der Waals surface area contributed by atoms with Crippen LogP contribution < -0.4 is 19.6 Å². The van der Waals surface area contributed by atoms with E-state index in [0.717, 1.165) is 18.4 Å². The average Bonchev–Trinajstić information content (AvgIpc) is 3.70. The van der Waals surface area contributed by atoms with Crippen molar-refractivity contribution in [2.75, 3.05) is 30.4 Å². The van der Waals surface area contributed by atoms with E-state index < -0.39 is 18.7 Å². The number of amides is 1. The molecule has 0 bridgehead atoms. The van der Waals surface area contributed by atoms with Crippen LogP contribution in [-0.2, 0) is 15.6 Å². The summed E-state index contributed by atoms with van der Waals surface area (Å²) in [7, 11) is -3.45. The summed E-state index contributed by atoms with van der Waals surface area (Å²) in [6, 6.07) is 8.26. The second-order valence-corrected chi connectivity index (χ2v) is 12.7. The first kappa shape index (κ1) is 27.5. The van der Waals surface area contributed by atoms with Crippen LogP contribution in [0.3, 0.4) is 0 Å². The summed E-state index contributed by atoms with van der Waals surface area (Å²) in [6.07, 6.45) is 1.76. The highest BCUT2D eigenvalue weighted by Gasteiger charge is 2.39. The van der Waals surface area contributed by atoms with Gasteiger partial charge in [-0.3, -0.25) is 24.0 Å². The van der Waals surface area contributed by atoms with Gasteiger partial charge >= 0.3 is 13.4 Å². The van der Waals surface area contributed by atoms with Crippen molar-refractivity contribution < 1.29 is 28.3 Å². The Morgan fingerprint density at radius 3 is 2.53 bits per heavy atom. The number of halogens is 2. The third kappa shape index (κ3) is 5.93. The molecule has 2 aliphatic heterocycles. The van der Waals surface area contributed by atoms with Gasteiger partial charge in [0, 0.05) is 53.9 Å². The Kier molecular flexibility index (Phi) is 8.42. The Morgan fingerprint density at radius 2 is 1.87 bits per heavy atom. The van der Waals surface area contributed by atoms with Gasteiger partial charge in [0.05, 0.1) is 23.7 Å². The molecule has 0 spiro atoms. The lowest BCUT2D eigenvalue weighted by molar-refractivity contribution is -0.385. The number of ether oxygens (including phenoxy) is 2. The number of carbonyl (C=O) groups excluding carboxylic acids is 1. The summed E-state index contributed by atoms with van der Waals surface area (Å²) in [5.41, 5.74) is 1.68. The van der Waals surface area contributed by atoms with Gasteiger partial charge in [0.25, 0.3) is 5.91 Å².